The number of carbonyl (C=O) groups is 1. The number of hydrazone groups is 1. The molecule has 1 amide bonds. The summed E-state index contributed by atoms with van der Waals surface area (Å²) in [6.45, 7) is 0. The molecule has 6 rings (SSSR count). The van der Waals surface area contributed by atoms with E-state index in [0.29, 0.717) is 5.56 Å². The van der Waals surface area contributed by atoms with E-state index in [2.05, 4.69) is 22.7 Å². The molecular formula is C29H19N3O. The average Bonchev–Trinajstić information content (AvgIpc) is 3.21. The number of aromatic nitrogens is 1. The summed E-state index contributed by atoms with van der Waals surface area (Å²) < 4.78 is 0. The predicted molar refractivity (Wildman–Crippen MR) is 132 cm³/mol. The Morgan fingerprint density at radius 2 is 1.24 bits per heavy atom. The van der Waals surface area contributed by atoms with Crippen LogP contribution in [0.4, 0.5) is 0 Å². The first-order valence-electron chi connectivity index (χ1n) is 10.8. The highest BCUT2D eigenvalue weighted by molar-refractivity contribution is 6.24. The number of pyridine rings is 1. The van der Waals surface area contributed by atoms with Gasteiger partial charge in [-0.2, -0.15) is 5.10 Å². The van der Waals surface area contributed by atoms with E-state index in [1.807, 2.05) is 97.1 Å². The van der Waals surface area contributed by atoms with Crippen molar-refractivity contribution in [2.24, 2.45) is 5.10 Å². The molecule has 0 fully saturated rings. The van der Waals surface area contributed by atoms with E-state index >= 15 is 0 Å². The third-order valence-corrected chi connectivity index (χ3v) is 5.95. The van der Waals surface area contributed by atoms with Crippen LogP contribution in [0.25, 0.3) is 33.3 Å². The Morgan fingerprint density at radius 1 is 0.667 bits per heavy atom. The Hall–Kier alpha value is -4.57. The highest BCUT2D eigenvalue weighted by atomic mass is 16.2. The number of benzene rings is 4. The molecule has 0 atom stereocenters. The van der Waals surface area contributed by atoms with E-state index in [4.69, 9.17) is 4.98 Å². The maximum absolute atomic E-state index is 13.4. The van der Waals surface area contributed by atoms with Crippen LogP contribution < -0.4 is 5.43 Å². The van der Waals surface area contributed by atoms with Gasteiger partial charge < -0.3 is 0 Å². The third-order valence-electron chi connectivity index (χ3n) is 5.95. The van der Waals surface area contributed by atoms with E-state index in [-0.39, 0.29) is 5.91 Å². The average molecular weight is 425 g/mol. The van der Waals surface area contributed by atoms with E-state index in [9.17, 15) is 4.79 Å². The summed E-state index contributed by atoms with van der Waals surface area (Å²) in [6.07, 6.45) is 0. The zero-order chi connectivity index (χ0) is 22.2. The quantitative estimate of drug-likeness (QED) is 0.350. The molecule has 1 heterocycles. The lowest BCUT2D eigenvalue weighted by Crippen LogP contribution is -2.20. The number of carbonyl (C=O) groups excluding carboxylic acids is 1. The van der Waals surface area contributed by atoms with Crippen LogP contribution in [-0.2, 0) is 0 Å². The van der Waals surface area contributed by atoms with Crippen LogP contribution in [0.5, 0.6) is 0 Å². The molecule has 0 saturated carbocycles. The topological polar surface area (TPSA) is 54.4 Å². The molecule has 5 aromatic rings. The van der Waals surface area contributed by atoms with Crippen molar-refractivity contribution in [1.82, 2.24) is 10.4 Å². The largest absolute Gasteiger partial charge is 0.272 e. The Labute approximate surface area is 191 Å². The molecule has 1 aliphatic rings. The van der Waals surface area contributed by atoms with Crippen LogP contribution in [0.2, 0.25) is 0 Å². The van der Waals surface area contributed by atoms with E-state index in [1.54, 1.807) is 0 Å². The fraction of sp³-hybridized carbons (Fsp3) is 0. The molecule has 0 spiro atoms. The summed E-state index contributed by atoms with van der Waals surface area (Å²) in [7, 11) is 0. The van der Waals surface area contributed by atoms with Crippen molar-refractivity contribution in [2.45, 2.75) is 0 Å². The molecule has 4 heteroatoms. The van der Waals surface area contributed by atoms with Gasteiger partial charge >= 0.3 is 0 Å². The predicted octanol–water partition coefficient (Wildman–Crippen LogP) is 6.06. The molecule has 0 aliphatic heterocycles. The van der Waals surface area contributed by atoms with Crippen LogP contribution in [0.15, 0.2) is 114 Å². The van der Waals surface area contributed by atoms with Gasteiger partial charge in [-0.3, -0.25) is 4.79 Å². The zero-order valence-electron chi connectivity index (χ0n) is 17.7. The first-order chi connectivity index (χ1) is 16.3. The minimum Gasteiger partial charge on any atom is -0.267 e. The monoisotopic (exact) mass is 425 g/mol. The second-order valence-corrected chi connectivity index (χ2v) is 7.93. The molecule has 0 bridgehead atoms. The number of rotatable bonds is 3. The highest BCUT2D eigenvalue weighted by Crippen LogP contribution is 2.36. The molecule has 1 aliphatic carbocycles. The summed E-state index contributed by atoms with van der Waals surface area (Å²) >= 11 is 0. The molecule has 4 aromatic carbocycles. The van der Waals surface area contributed by atoms with Gasteiger partial charge in [-0.05, 0) is 23.3 Å². The number of hydrogen-bond acceptors (Lipinski definition) is 3. The lowest BCUT2D eigenvalue weighted by atomic mass is 10.0. The van der Waals surface area contributed by atoms with Gasteiger partial charge in [0.15, 0.2) is 0 Å². The molecular weight excluding hydrogens is 406 g/mol. The standard InChI is InChI=1S/C29H19N3O/c33-29(32-31-28-23-15-6-4-12-20(23)21-13-5-7-16-24(21)28)25-18-27(19-10-2-1-3-11-19)30-26-17-9-8-14-22(25)26/h1-18H,(H,32,33). The Bertz CT molecular complexity index is 1510. The Kier molecular flexibility index (Phi) is 4.55. The number of nitrogens with one attached hydrogen (secondary N) is 1. The van der Waals surface area contributed by atoms with Gasteiger partial charge in [-0.1, -0.05) is 97.1 Å². The third kappa shape index (κ3) is 3.29. The van der Waals surface area contributed by atoms with Crippen LogP contribution in [0, 0.1) is 0 Å². The number of amides is 1. The number of para-hydroxylation sites is 1. The Balaban J connectivity index is 1.43. The summed E-state index contributed by atoms with van der Waals surface area (Å²) in [5, 5.41) is 5.38. The molecule has 0 saturated heterocycles. The minimum atomic E-state index is -0.264. The molecule has 0 unspecified atom stereocenters. The first kappa shape index (κ1) is 19.1. The summed E-state index contributed by atoms with van der Waals surface area (Å²) in [4.78, 5) is 18.1. The number of fused-ring (bicyclic) bond motifs is 4. The minimum absolute atomic E-state index is 0.264. The van der Waals surface area contributed by atoms with Crippen molar-refractivity contribution in [3.63, 3.8) is 0 Å². The van der Waals surface area contributed by atoms with Gasteiger partial charge in [0.2, 0.25) is 0 Å². The van der Waals surface area contributed by atoms with E-state index in [1.165, 1.54) is 0 Å². The van der Waals surface area contributed by atoms with Crippen molar-refractivity contribution in [1.29, 1.82) is 0 Å². The van der Waals surface area contributed by atoms with Crippen LogP contribution in [-0.4, -0.2) is 16.6 Å². The van der Waals surface area contributed by atoms with Crippen molar-refractivity contribution in [3.8, 4) is 22.4 Å². The smallest absolute Gasteiger partial charge is 0.267 e. The number of nitrogens with zero attached hydrogens (tertiary/aromatic N) is 2. The molecule has 1 aromatic heterocycles. The van der Waals surface area contributed by atoms with Crippen molar-refractivity contribution in [3.05, 3.63) is 126 Å². The maximum atomic E-state index is 13.4. The maximum Gasteiger partial charge on any atom is 0.272 e. The van der Waals surface area contributed by atoms with Crippen molar-refractivity contribution < 1.29 is 4.79 Å². The van der Waals surface area contributed by atoms with E-state index < -0.39 is 0 Å². The molecule has 4 nitrogen and oxygen atoms in total. The lowest BCUT2D eigenvalue weighted by molar-refractivity contribution is 0.0956. The fourth-order valence-electron chi connectivity index (χ4n) is 4.40. The number of hydrogen-bond donors (Lipinski definition) is 1. The van der Waals surface area contributed by atoms with Gasteiger partial charge in [0, 0.05) is 22.1 Å². The first-order valence-corrected chi connectivity index (χ1v) is 10.8. The molecule has 156 valence electrons. The summed E-state index contributed by atoms with van der Waals surface area (Å²) in [6, 6.07) is 35.7. The zero-order valence-corrected chi connectivity index (χ0v) is 17.7. The van der Waals surface area contributed by atoms with Crippen LogP contribution >= 0.6 is 0 Å². The second kappa shape index (κ2) is 7.84. The summed E-state index contributed by atoms with van der Waals surface area (Å²) in [5.41, 5.74) is 10.9. The normalized spacial score (nSPS) is 11.7. The molecule has 1 N–H and O–H groups in total. The Morgan fingerprint density at radius 3 is 1.94 bits per heavy atom. The van der Waals surface area contributed by atoms with Gasteiger partial charge in [0.1, 0.15) is 0 Å². The van der Waals surface area contributed by atoms with Crippen molar-refractivity contribution in [2.75, 3.05) is 0 Å². The lowest BCUT2D eigenvalue weighted by Gasteiger charge is -2.09. The van der Waals surface area contributed by atoms with Gasteiger partial charge in [-0.25, -0.2) is 10.4 Å². The van der Waals surface area contributed by atoms with Crippen LogP contribution in [0.3, 0.4) is 0 Å². The fourth-order valence-corrected chi connectivity index (χ4v) is 4.40. The molecule has 0 radical (unpaired) electrons. The van der Waals surface area contributed by atoms with Crippen LogP contribution in [0.1, 0.15) is 21.5 Å². The highest BCUT2D eigenvalue weighted by Gasteiger charge is 2.24. The summed E-state index contributed by atoms with van der Waals surface area (Å²) in [5.74, 6) is -0.264. The van der Waals surface area contributed by atoms with Crippen molar-refractivity contribution >= 4 is 22.5 Å². The molecule has 33 heavy (non-hydrogen) atoms. The second-order valence-electron chi connectivity index (χ2n) is 7.93. The SMILES string of the molecule is O=C(NN=C1c2ccccc2-c2ccccc21)c1cc(-c2ccccc2)nc2ccccc12. The van der Waals surface area contributed by atoms with Gasteiger partial charge in [0.25, 0.3) is 5.91 Å². The van der Waals surface area contributed by atoms with Gasteiger partial charge in [-0.15, -0.1) is 0 Å². The van der Waals surface area contributed by atoms with Gasteiger partial charge in [0.05, 0.1) is 22.5 Å². The van der Waals surface area contributed by atoms with E-state index in [0.717, 1.165) is 50.1 Å².